The highest BCUT2D eigenvalue weighted by Gasteiger charge is 2.32. The number of amides is 1. The summed E-state index contributed by atoms with van der Waals surface area (Å²) in [5.74, 6) is 0.247. The van der Waals surface area contributed by atoms with Crippen LogP contribution in [0.3, 0.4) is 0 Å². The number of aromatic nitrogens is 1. The SMILES string of the molecule is COc1cccc2sc(NC(=O)C3CCN(S(=O)(=O)c4ccc(Cl)cc4)CC3)nc12. The summed E-state index contributed by atoms with van der Waals surface area (Å²) in [7, 11) is -2.01. The van der Waals surface area contributed by atoms with E-state index in [1.54, 1.807) is 19.2 Å². The molecule has 1 aliphatic heterocycles. The number of rotatable bonds is 5. The zero-order chi connectivity index (χ0) is 21.3. The highest BCUT2D eigenvalue weighted by molar-refractivity contribution is 7.89. The van der Waals surface area contributed by atoms with E-state index in [0.717, 1.165) is 4.70 Å². The van der Waals surface area contributed by atoms with Gasteiger partial charge in [-0.2, -0.15) is 4.31 Å². The molecule has 1 saturated heterocycles. The number of anilines is 1. The van der Waals surface area contributed by atoms with E-state index in [2.05, 4.69) is 10.3 Å². The Morgan fingerprint density at radius 3 is 2.57 bits per heavy atom. The zero-order valence-electron chi connectivity index (χ0n) is 16.2. The molecule has 2 aromatic carbocycles. The van der Waals surface area contributed by atoms with E-state index in [0.29, 0.717) is 34.3 Å². The molecule has 1 aromatic heterocycles. The van der Waals surface area contributed by atoms with E-state index in [1.165, 1.54) is 27.8 Å². The molecule has 0 aliphatic carbocycles. The van der Waals surface area contributed by atoms with Gasteiger partial charge in [0.05, 0.1) is 16.7 Å². The fraction of sp³-hybridized carbons (Fsp3) is 0.300. The second-order valence-electron chi connectivity index (χ2n) is 6.95. The number of sulfonamides is 1. The van der Waals surface area contributed by atoms with Crippen LogP contribution in [0.5, 0.6) is 5.75 Å². The minimum atomic E-state index is -3.59. The van der Waals surface area contributed by atoms with Crippen LogP contribution >= 0.6 is 22.9 Å². The molecule has 1 fully saturated rings. The molecule has 4 rings (SSSR count). The van der Waals surface area contributed by atoms with Crippen LogP contribution in [0, 0.1) is 5.92 Å². The Labute approximate surface area is 183 Å². The number of thiazole rings is 1. The lowest BCUT2D eigenvalue weighted by Crippen LogP contribution is -2.41. The number of ether oxygens (including phenoxy) is 1. The van der Waals surface area contributed by atoms with Crippen LogP contribution in [0.4, 0.5) is 5.13 Å². The molecule has 2 heterocycles. The summed E-state index contributed by atoms with van der Waals surface area (Å²) in [4.78, 5) is 17.4. The van der Waals surface area contributed by atoms with Gasteiger partial charge in [-0.3, -0.25) is 4.79 Å². The number of fused-ring (bicyclic) bond motifs is 1. The number of nitrogens with one attached hydrogen (secondary N) is 1. The topological polar surface area (TPSA) is 88.6 Å². The first-order chi connectivity index (χ1) is 14.4. The largest absolute Gasteiger partial charge is 0.494 e. The molecule has 1 amide bonds. The van der Waals surface area contributed by atoms with Gasteiger partial charge >= 0.3 is 0 Å². The second kappa shape index (κ2) is 8.50. The minimum absolute atomic E-state index is 0.142. The molecule has 0 bridgehead atoms. The quantitative estimate of drug-likeness (QED) is 0.615. The average molecular weight is 466 g/mol. The normalized spacial score (nSPS) is 15.9. The number of nitrogens with zero attached hydrogens (tertiary/aromatic N) is 2. The third-order valence-electron chi connectivity index (χ3n) is 5.11. The molecule has 0 atom stereocenters. The van der Waals surface area contributed by atoms with Crippen molar-refractivity contribution in [1.82, 2.24) is 9.29 Å². The van der Waals surface area contributed by atoms with Crippen molar-refractivity contribution < 1.29 is 17.9 Å². The van der Waals surface area contributed by atoms with Gasteiger partial charge in [-0.05, 0) is 49.2 Å². The van der Waals surface area contributed by atoms with Gasteiger partial charge in [-0.25, -0.2) is 13.4 Å². The van der Waals surface area contributed by atoms with Gasteiger partial charge in [0.15, 0.2) is 5.13 Å². The van der Waals surface area contributed by atoms with Crippen LogP contribution in [0.15, 0.2) is 47.4 Å². The fourth-order valence-electron chi connectivity index (χ4n) is 3.46. The van der Waals surface area contributed by atoms with E-state index in [4.69, 9.17) is 16.3 Å². The average Bonchev–Trinajstić information content (AvgIpc) is 3.16. The fourth-order valence-corrected chi connectivity index (χ4v) is 5.94. The van der Waals surface area contributed by atoms with Crippen molar-refractivity contribution in [3.63, 3.8) is 0 Å². The van der Waals surface area contributed by atoms with Crippen molar-refractivity contribution in [2.45, 2.75) is 17.7 Å². The van der Waals surface area contributed by atoms with Gasteiger partial charge in [0.2, 0.25) is 15.9 Å². The van der Waals surface area contributed by atoms with Crippen LogP contribution in [-0.4, -0.2) is 43.8 Å². The van der Waals surface area contributed by atoms with Crippen molar-refractivity contribution in [2.24, 2.45) is 5.92 Å². The molecule has 158 valence electrons. The van der Waals surface area contributed by atoms with Gasteiger partial charge in [-0.1, -0.05) is 29.0 Å². The summed E-state index contributed by atoms with van der Waals surface area (Å²) in [5.41, 5.74) is 0.712. The number of benzene rings is 2. The first-order valence-electron chi connectivity index (χ1n) is 9.38. The molecule has 0 radical (unpaired) electrons. The Kier molecular flexibility index (Phi) is 5.97. The predicted octanol–water partition coefficient (Wildman–Crippen LogP) is 4.00. The van der Waals surface area contributed by atoms with E-state index < -0.39 is 10.0 Å². The Morgan fingerprint density at radius 1 is 1.20 bits per heavy atom. The van der Waals surface area contributed by atoms with Crippen molar-refractivity contribution >= 4 is 54.2 Å². The van der Waals surface area contributed by atoms with E-state index in [-0.39, 0.29) is 29.8 Å². The summed E-state index contributed by atoms with van der Waals surface area (Å²) in [6.45, 7) is 0.577. The molecule has 0 saturated carbocycles. The molecule has 30 heavy (non-hydrogen) atoms. The number of para-hydroxylation sites is 1. The van der Waals surface area contributed by atoms with Gasteiger partial charge in [0.1, 0.15) is 11.3 Å². The summed E-state index contributed by atoms with van der Waals surface area (Å²) >= 11 is 7.23. The van der Waals surface area contributed by atoms with Crippen molar-refractivity contribution in [3.05, 3.63) is 47.5 Å². The van der Waals surface area contributed by atoms with E-state index in [9.17, 15) is 13.2 Å². The summed E-state index contributed by atoms with van der Waals surface area (Å²) < 4.78 is 33.2. The Hall–Kier alpha value is -2.20. The summed E-state index contributed by atoms with van der Waals surface area (Å²) in [5, 5.41) is 3.87. The Morgan fingerprint density at radius 2 is 1.90 bits per heavy atom. The lowest BCUT2D eigenvalue weighted by Gasteiger charge is -2.30. The van der Waals surface area contributed by atoms with E-state index in [1.807, 2.05) is 18.2 Å². The first kappa shape index (κ1) is 21.0. The molecule has 3 aromatic rings. The standard InChI is InChI=1S/C20H20ClN3O4S2/c1-28-16-3-2-4-17-18(16)22-20(29-17)23-19(25)13-9-11-24(12-10-13)30(26,27)15-7-5-14(21)6-8-15/h2-8,13H,9-12H2,1H3,(H,22,23,25). The van der Waals surface area contributed by atoms with Crippen LogP contribution < -0.4 is 10.1 Å². The zero-order valence-corrected chi connectivity index (χ0v) is 18.6. The maximum atomic E-state index is 12.8. The van der Waals surface area contributed by atoms with Crippen LogP contribution in [0.1, 0.15) is 12.8 Å². The summed E-state index contributed by atoms with van der Waals surface area (Å²) in [6.07, 6.45) is 0.903. The molecular weight excluding hydrogens is 446 g/mol. The molecule has 7 nitrogen and oxygen atoms in total. The third-order valence-corrected chi connectivity index (χ3v) is 8.21. The van der Waals surface area contributed by atoms with Gasteiger partial charge in [0, 0.05) is 24.0 Å². The van der Waals surface area contributed by atoms with Gasteiger partial charge in [-0.15, -0.1) is 0 Å². The number of hydrogen-bond donors (Lipinski definition) is 1. The van der Waals surface area contributed by atoms with Crippen molar-refractivity contribution in [1.29, 1.82) is 0 Å². The lowest BCUT2D eigenvalue weighted by atomic mass is 9.97. The van der Waals surface area contributed by atoms with Crippen LogP contribution in [0.25, 0.3) is 10.2 Å². The smallest absolute Gasteiger partial charge is 0.243 e. The van der Waals surface area contributed by atoms with Crippen LogP contribution in [-0.2, 0) is 14.8 Å². The highest BCUT2D eigenvalue weighted by atomic mass is 35.5. The van der Waals surface area contributed by atoms with Crippen molar-refractivity contribution in [2.75, 3.05) is 25.5 Å². The number of methoxy groups -OCH3 is 1. The third kappa shape index (κ3) is 4.15. The molecule has 0 unspecified atom stereocenters. The lowest BCUT2D eigenvalue weighted by molar-refractivity contribution is -0.120. The van der Waals surface area contributed by atoms with Crippen LogP contribution in [0.2, 0.25) is 5.02 Å². The number of hydrogen-bond acceptors (Lipinski definition) is 6. The minimum Gasteiger partial charge on any atom is -0.494 e. The van der Waals surface area contributed by atoms with E-state index >= 15 is 0 Å². The summed E-state index contributed by atoms with van der Waals surface area (Å²) in [6, 6.07) is 11.7. The van der Waals surface area contributed by atoms with Gasteiger partial charge in [0.25, 0.3) is 0 Å². The molecule has 1 N–H and O–H groups in total. The molecule has 10 heteroatoms. The molecule has 0 spiro atoms. The Balaban J connectivity index is 1.40. The highest BCUT2D eigenvalue weighted by Crippen LogP contribution is 2.33. The second-order valence-corrected chi connectivity index (χ2v) is 10.4. The Bertz CT molecular complexity index is 1170. The maximum absolute atomic E-state index is 12.8. The number of carbonyl (C=O) groups excluding carboxylic acids is 1. The molecule has 1 aliphatic rings. The van der Waals surface area contributed by atoms with Gasteiger partial charge < -0.3 is 10.1 Å². The van der Waals surface area contributed by atoms with Crippen molar-refractivity contribution in [3.8, 4) is 5.75 Å². The first-order valence-corrected chi connectivity index (χ1v) is 12.0. The number of carbonyl (C=O) groups is 1. The number of halogens is 1. The monoisotopic (exact) mass is 465 g/mol. The maximum Gasteiger partial charge on any atom is 0.243 e. The predicted molar refractivity (Wildman–Crippen MR) is 118 cm³/mol. The number of piperidine rings is 1. The molecular formula is C20H20ClN3O4S2.